The van der Waals surface area contributed by atoms with Crippen LogP contribution < -0.4 is 15.5 Å². The summed E-state index contributed by atoms with van der Waals surface area (Å²) in [5, 5.41) is 3.40. The molecule has 1 fully saturated rings. The van der Waals surface area contributed by atoms with E-state index in [2.05, 4.69) is 21.3 Å². The van der Waals surface area contributed by atoms with Gasteiger partial charge in [-0.3, -0.25) is 14.7 Å². The van der Waals surface area contributed by atoms with Crippen molar-refractivity contribution in [3.63, 3.8) is 0 Å². The van der Waals surface area contributed by atoms with Gasteiger partial charge in [-0.2, -0.15) is 0 Å². The second-order valence-electron chi connectivity index (χ2n) is 5.26. The summed E-state index contributed by atoms with van der Waals surface area (Å²) in [6.45, 7) is 3.24. The van der Waals surface area contributed by atoms with Crippen molar-refractivity contribution in [3.8, 4) is 5.75 Å². The second kappa shape index (κ2) is 8.10. The number of nitrogens with zero attached hydrogens (tertiary/aromatic N) is 2. The number of methoxy groups -OCH3 is 1. The van der Waals surface area contributed by atoms with Gasteiger partial charge in [0.1, 0.15) is 12.0 Å². The van der Waals surface area contributed by atoms with E-state index in [0.29, 0.717) is 12.3 Å². The number of halogens is 1. The Morgan fingerprint density at radius 3 is 3.09 bits per heavy atom. The molecule has 0 bridgehead atoms. The number of hydrogen-bond donors (Lipinski definition) is 1. The smallest absolute Gasteiger partial charge is 0.227 e. The molecule has 23 heavy (non-hydrogen) atoms. The van der Waals surface area contributed by atoms with Crippen LogP contribution in [0.2, 0.25) is 0 Å². The topological polar surface area (TPSA) is 67.6 Å². The molecule has 0 amide bonds. The van der Waals surface area contributed by atoms with Crippen LogP contribution in [-0.2, 0) is 6.54 Å². The fourth-order valence-corrected chi connectivity index (χ4v) is 2.71. The van der Waals surface area contributed by atoms with Crippen molar-refractivity contribution in [3.05, 3.63) is 58.4 Å². The normalized spacial score (nSPS) is 18.2. The van der Waals surface area contributed by atoms with Crippen LogP contribution in [0, 0.1) is 0 Å². The van der Waals surface area contributed by atoms with Gasteiger partial charge >= 0.3 is 0 Å². The van der Waals surface area contributed by atoms with Gasteiger partial charge in [0.2, 0.25) is 11.2 Å². The summed E-state index contributed by atoms with van der Waals surface area (Å²) in [5.41, 5.74) is 1.00. The lowest BCUT2D eigenvalue weighted by Gasteiger charge is -2.35. The van der Waals surface area contributed by atoms with Gasteiger partial charge < -0.3 is 14.5 Å². The van der Waals surface area contributed by atoms with Gasteiger partial charge in [-0.1, -0.05) is 6.07 Å². The molecule has 7 heteroatoms. The maximum atomic E-state index is 11.8. The Labute approximate surface area is 140 Å². The van der Waals surface area contributed by atoms with Crippen LogP contribution >= 0.6 is 12.4 Å². The Balaban J connectivity index is 0.00000192. The molecule has 0 aromatic carbocycles. The predicted octanol–water partition coefficient (Wildman–Crippen LogP) is 1.61. The number of piperazine rings is 1. The van der Waals surface area contributed by atoms with Crippen molar-refractivity contribution in [1.29, 1.82) is 0 Å². The van der Waals surface area contributed by atoms with Crippen LogP contribution in [0.3, 0.4) is 0 Å². The number of pyridine rings is 1. The number of ether oxygens (including phenoxy) is 1. The predicted molar refractivity (Wildman–Crippen MR) is 89.0 cm³/mol. The van der Waals surface area contributed by atoms with E-state index in [1.807, 2.05) is 12.3 Å². The summed E-state index contributed by atoms with van der Waals surface area (Å²) >= 11 is 0. The minimum atomic E-state index is -0.156. The van der Waals surface area contributed by atoms with E-state index in [0.717, 1.165) is 25.2 Å². The molecule has 1 aliphatic heterocycles. The average Bonchev–Trinajstić information content (AvgIpc) is 2.56. The van der Waals surface area contributed by atoms with Gasteiger partial charge in [-0.15, -0.1) is 12.4 Å². The van der Waals surface area contributed by atoms with Gasteiger partial charge in [0.15, 0.2) is 0 Å². The van der Waals surface area contributed by atoms with Crippen LogP contribution in [0.5, 0.6) is 5.75 Å². The lowest BCUT2D eigenvalue weighted by Crippen LogP contribution is -2.45. The van der Waals surface area contributed by atoms with Crippen LogP contribution in [0.25, 0.3) is 0 Å². The summed E-state index contributed by atoms with van der Waals surface area (Å²) < 4.78 is 10.5. The van der Waals surface area contributed by atoms with E-state index in [4.69, 9.17) is 9.15 Å². The fraction of sp³-hybridized carbons (Fsp3) is 0.375. The van der Waals surface area contributed by atoms with Crippen molar-refractivity contribution in [2.75, 3.05) is 26.7 Å². The van der Waals surface area contributed by atoms with Crippen molar-refractivity contribution < 1.29 is 9.15 Å². The first-order valence-electron chi connectivity index (χ1n) is 7.28. The van der Waals surface area contributed by atoms with Crippen molar-refractivity contribution in [2.45, 2.75) is 12.6 Å². The average molecular weight is 338 g/mol. The molecular weight excluding hydrogens is 318 g/mol. The highest BCUT2D eigenvalue weighted by atomic mass is 35.5. The maximum Gasteiger partial charge on any atom is 0.227 e. The minimum absolute atomic E-state index is 0. The molecule has 3 heterocycles. The van der Waals surface area contributed by atoms with Crippen molar-refractivity contribution in [1.82, 2.24) is 15.2 Å². The molecule has 1 aliphatic rings. The number of aromatic nitrogens is 1. The highest BCUT2D eigenvalue weighted by Gasteiger charge is 2.24. The van der Waals surface area contributed by atoms with Gasteiger partial charge in [0, 0.05) is 44.1 Å². The Morgan fingerprint density at radius 2 is 2.39 bits per heavy atom. The van der Waals surface area contributed by atoms with Gasteiger partial charge in [0.05, 0.1) is 13.7 Å². The molecule has 6 nitrogen and oxygen atoms in total. The highest BCUT2D eigenvalue weighted by molar-refractivity contribution is 5.85. The molecule has 1 saturated heterocycles. The van der Waals surface area contributed by atoms with Crippen LogP contribution in [0.1, 0.15) is 17.4 Å². The van der Waals surface area contributed by atoms with Crippen molar-refractivity contribution >= 4 is 12.4 Å². The SMILES string of the molecule is COc1coc(CN2CCNCC2c2cccnc2)cc1=O.Cl. The molecule has 1 atom stereocenters. The third kappa shape index (κ3) is 4.10. The molecule has 0 aliphatic carbocycles. The zero-order chi connectivity index (χ0) is 15.4. The maximum absolute atomic E-state index is 11.8. The van der Waals surface area contributed by atoms with E-state index in [-0.39, 0.29) is 29.6 Å². The molecule has 2 aromatic heterocycles. The molecule has 0 saturated carbocycles. The Kier molecular flexibility index (Phi) is 6.15. The van der Waals surface area contributed by atoms with Gasteiger partial charge in [0.25, 0.3) is 0 Å². The van der Waals surface area contributed by atoms with Crippen LogP contribution in [-0.4, -0.2) is 36.6 Å². The fourth-order valence-electron chi connectivity index (χ4n) is 2.71. The first kappa shape index (κ1) is 17.5. The zero-order valence-corrected chi connectivity index (χ0v) is 13.7. The van der Waals surface area contributed by atoms with Crippen molar-refractivity contribution in [2.24, 2.45) is 0 Å². The zero-order valence-electron chi connectivity index (χ0n) is 12.9. The number of rotatable bonds is 4. The molecule has 124 valence electrons. The van der Waals surface area contributed by atoms with Gasteiger partial charge in [-0.05, 0) is 11.6 Å². The standard InChI is InChI=1S/C16H19N3O3.ClH/c1-21-16-11-22-13(7-15(16)20)10-19-6-5-18-9-14(19)12-3-2-4-17-8-12;/h2-4,7-8,11,14,18H,5-6,9-10H2,1H3;1H. The first-order valence-corrected chi connectivity index (χ1v) is 7.28. The summed E-state index contributed by atoms with van der Waals surface area (Å²) in [5.74, 6) is 0.870. The molecule has 1 unspecified atom stereocenters. The molecular formula is C16H20ClN3O3. The Morgan fingerprint density at radius 1 is 1.52 bits per heavy atom. The minimum Gasteiger partial charge on any atom is -0.490 e. The van der Waals surface area contributed by atoms with E-state index in [1.165, 1.54) is 19.4 Å². The van der Waals surface area contributed by atoms with E-state index >= 15 is 0 Å². The van der Waals surface area contributed by atoms with Gasteiger partial charge in [-0.25, -0.2) is 0 Å². The largest absolute Gasteiger partial charge is 0.490 e. The summed E-state index contributed by atoms with van der Waals surface area (Å²) in [6, 6.07) is 5.73. The molecule has 0 spiro atoms. The molecule has 3 rings (SSSR count). The lowest BCUT2D eigenvalue weighted by molar-refractivity contribution is 0.141. The molecule has 2 aromatic rings. The lowest BCUT2D eigenvalue weighted by atomic mass is 10.1. The summed E-state index contributed by atoms with van der Waals surface area (Å²) in [6.07, 6.45) is 5.03. The molecule has 1 N–H and O–H groups in total. The summed E-state index contributed by atoms with van der Waals surface area (Å²) in [4.78, 5) is 18.3. The Bertz CT molecular complexity index is 678. The van der Waals surface area contributed by atoms with E-state index in [9.17, 15) is 4.79 Å². The monoisotopic (exact) mass is 337 g/mol. The third-order valence-electron chi connectivity index (χ3n) is 3.85. The van der Waals surface area contributed by atoms with Crippen LogP contribution in [0.15, 0.2) is 46.1 Å². The second-order valence-corrected chi connectivity index (χ2v) is 5.26. The molecule has 0 radical (unpaired) electrons. The number of hydrogen-bond acceptors (Lipinski definition) is 6. The van der Waals surface area contributed by atoms with E-state index in [1.54, 1.807) is 6.20 Å². The van der Waals surface area contributed by atoms with E-state index < -0.39 is 0 Å². The number of nitrogens with one attached hydrogen (secondary N) is 1. The van der Waals surface area contributed by atoms with Crippen LogP contribution in [0.4, 0.5) is 0 Å². The first-order chi connectivity index (χ1) is 10.8. The summed E-state index contributed by atoms with van der Waals surface area (Å²) in [7, 11) is 1.46. The Hall–Kier alpha value is -1.89. The third-order valence-corrected chi connectivity index (χ3v) is 3.85. The highest BCUT2D eigenvalue weighted by Crippen LogP contribution is 2.23. The quantitative estimate of drug-likeness (QED) is 0.914.